The summed E-state index contributed by atoms with van der Waals surface area (Å²) in [5.41, 5.74) is 5.60. The summed E-state index contributed by atoms with van der Waals surface area (Å²) in [6.45, 7) is 4.01. The van der Waals surface area contributed by atoms with Crippen LogP contribution in [0.5, 0.6) is 11.5 Å². The van der Waals surface area contributed by atoms with E-state index in [1.54, 1.807) is 38.6 Å². The normalized spacial score (nSPS) is 11.0. The molecule has 1 aromatic carbocycles. The fourth-order valence-corrected chi connectivity index (χ4v) is 3.56. The summed E-state index contributed by atoms with van der Waals surface area (Å²) in [7, 11) is 3.12. The fraction of sp³-hybridized carbons (Fsp3) is 0.250. The van der Waals surface area contributed by atoms with Crippen molar-refractivity contribution in [2.24, 2.45) is 0 Å². The van der Waals surface area contributed by atoms with Gasteiger partial charge >= 0.3 is 0 Å². The quantitative estimate of drug-likeness (QED) is 0.451. The van der Waals surface area contributed by atoms with Crippen molar-refractivity contribution in [3.8, 4) is 22.8 Å². The Hall–Kier alpha value is -3.74. The van der Waals surface area contributed by atoms with Gasteiger partial charge < -0.3 is 9.47 Å². The van der Waals surface area contributed by atoms with E-state index in [2.05, 4.69) is 22.1 Å². The fourth-order valence-electron chi connectivity index (χ4n) is 3.56. The van der Waals surface area contributed by atoms with Gasteiger partial charge in [0.05, 0.1) is 19.9 Å². The highest BCUT2D eigenvalue weighted by Gasteiger charge is 2.14. The van der Waals surface area contributed by atoms with Gasteiger partial charge in [-0.15, -0.1) is 0 Å². The zero-order valence-corrected chi connectivity index (χ0v) is 18.0. The highest BCUT2D eigenvalue weighted by molar-refractivity contribution is 5.98. The van der Waals surface area contributed by atoms with Crippen molar-refractivity contribution in [2.75, 3.05) is 14.2 Å². The van der Waals surface area contributed by atoms with E-state index in [-0.39, 0.29) is 12.2 Å². The van der Waals surface area contributed by atoms with Gasteiger partial charge in [0.25, 0.3) is 0 Å². The minimum Gasteiger partial charge on any atom is -0.497 e. The largest absolute Gasteiger partial charge is 0.497 e. The van der Waals surface area contributed by atoms with Gasteiger partial charge in [-0.2, -0.15) is 5.10 Å². The first-order valence-electron chi connectivity index (χ1n) is 10.1. The molecule has 7 heteroatoms. The minimum absolute atomic E-state index is 0.0443. The minimum atomic E-state index is -0.0443. The van der Waals surface area contributed by atoms with Gasteiger partial charge in [-0.1, -0.05) is 6.92 Å². The third-order valence-corrected chi connectivity index (χ3v) is 5.31. The molecular weight excluding hydrogens is 392 g/mol. The molecule has 4 rings (SSSR count). The standard InChI is InChI=1S/C24H24N4O3/c1-5-21-19-6-7-22(26-24(19)28-27-21)20-8-15(13-25-14(20)2)9-23(29)16-10-17(30-3)12-18(11-16)31-4/h6-8,10-13H,5,9H2,1-4H3,(H,26,27,28). The van der Waals surface area contributed by atoms with Gasteiger partial charge in [0.2, 0.25) is 0 Å². The number of benzene rings is 1. The Morgan fingerprint density at radius 3 is 2.48 bits per heavy atom. The maximum atomic E-state index is 12.9. The average Bonchev–Trinajstić information content (AvgIpc) is 3.22. The zero-order valence-electron chi connectivity index (χ0n) is 18.0. The molecular formula is C24H24N4O3. The van der Waals surface area contributed by atoms with Crippen LogP contribution in [0.4, 0.5) is 0 Å². The Morgan fingerprint density at radius 2 is 1.81 bits per heavy atom. The van der Waals surface area contributed by atoms with E-state index in [0.29, 0.717) is 22.7 Å². The second-order valence-electron chi connectivity index (χ2n) is 7.30. The molecule has 0 fully saturated rings. The lowest BCUT2D eigenvalue weighted by Gasteiger charge is -2.10. The van der Waals surface area contributed by atoms with Crippen LogP contribution >= 0.6 is 0 Å². The van der Waals surface area contributed by atoms with Crippen LogP contribution in [0.25, 0.3) is 22.3 Å². The third kappa shape index (κ3) is 4.12. The van der Waals surface area contributed by atoms with Gasteiger partial charge in [-0.3, -0.25) is 14.9 Å². The van der Waals surface area contributed by atoms with Crippen molar-refractivity contribution in [3.05, 3.63) is 65.1 Å². The SMILES string of the molecule is CCc1[nH]nc2nc(-c3cc(CC(=O)c4cc(OC)cc(OC)c4)cnc3C)ccc12. The number of Topliss-reactive ketones (excluding diaryl/α,β-unsaturated/α-hetero) is 1. The number of nitrogens with zero attached hydrogens (tertiary/aromatic N) is 3. The van der Waals surface area contributed by atoms with Gasteiger partial charge in [0.1, 0.15) is 11.5 Å². The number of rotatable bonds is 7. The lowest BCUT2D eigenvalue weighted by atomic mass is 10.0. The van der Waals surface area contributed by atoms with Crippen LogP contribution in [-0.4, -0.2) is 40.2 Å². The number of ether oxygens (including phenoxy) is 2. The lowest BCUT2D eigenvalue weighted by Crippen LogP contribution is -2.06. The van der Waals surface area contributed by atoms with Crippen molar-refractivity contribution in [3.63, 3.8) is 0 Å². The molecule has 0 saturated carbocycles. The number of ketones is 1. The zero-order chi connectivity index (χ0) is 22.0. The first-order chi connectivity index (χ1) is 15.0. The van der Waals surface area contributed by atoms with Crippen LogP contribution in [-0.2, 0) is 12.8 Å². The predicted octanol–water partition coefficient (Wildman–Crippen LogP) is 4.33. The highest BCUT2D eigenvalue weighted by atomic mass is 16.5. The second kappa shape index (κ2) is 8.55. The predicted molar refractivity (Wildman–Crippen MR) is 119 cm³/mol. The van der Waals surface area contributed by atoms with Crippen molar-refractivity contribution in [1.82, 2.24) is 20.2 Å². The van der Waals surface area contributed by atoms with Crippen LogP contribution in [0.1, 0.15) is 34.2 Å². The Bertz CT molecular complexity index is 1240. The average molecular weight is 416 g/mol. The molecule has 0 amide bonds. The molecule has 0 saturated heterocycles. The molecule has 0 aliphatic heterocycles. The van der Waals surface area contributed by atoms with Crippen LogP contribution in [0.3, 0.4) is 0 Å². The number of aromatic nitrogens is 4. The number of aromatic amines is 1. The van der Waals surface area contributed by atoms with Crippen LogP contribution in [0.15, 0.2) is 42.6 Å². The monoisotopic (exact) mass is 416 g/mol. The van der Waals surface area contributed by atoms with Gasteiger partial charge in [-0.25, -0.2) is 4.98 Å². The Labute approximate surface area is 180 Å². The molecule has 0 aliphatic rings. The van der Waals surface area contributed by atoms with E-state index in [1.807, 2.05) is 25.1 Å². The summed E-state index contributed by atoms with van der Waals surface area (Å²) in [6.07, 6.45) is 2.81. The topological polar surface area (TPSA) is 90.0 Å². The van der Waals surface area contributed by atoms with E-state index in [0.717, 1.165) is 40.0 Å². The molecule has 0 bridgehead atoms. The maximum Gasteiger partial charge on any atom is 0.181 e. The second-order valence-corrected chi connectivity index (χ2v) is 7.30. The molecule has 0 aliphatic carbocycles. The van der Waals surface area contributed by atoms with Crippen molar-refractivity contribution >= 4 is 16.8 Å². The molecule has 7 nitrogen and oxygen atoms in total. The Morgan fingerprint density at radius 1 is 1.06 bits per heavy atom. The van der Waals surface area contributed by atoms with Crippen LogP contribution in [0, 0.1) is 6.92 Å². The van der Waals surface area contributed by atoms with Crippen LogP contribution < -0.4 is 9.47 Å². The summed E-state index contributed by atoms with van der Waals surface area (Å²) in [4.78, 5) is 22.1. The molecule has 31 heavy (non-hydrogen) atoms. The lowest BCUT2D eigenvalue weighted by molar-refractivity contribution is 0.0992. The third-order valence-electron chi connectivity index (χ3n) is 5.31. The Kier molecular flexibility index (Phi) is 5.66. The van der Waals surface area contributed by atoms with E-state index >= 15 is 0 Å². The van der Waals surface area contributed by atoms with E-state index in [9.17, 15) is 4.79 Å². The number of pyridine rings is 2. The molecule has 4 aromatic rings. The molecule has 158 valence electrons. The van der Waals surface area contributed by atoms with Gasteiger partial charge in [-0.05, 0) is 49.2 Å². The summed E-state index contributed by atoms with van der Waals surface area (Å²) in [6, 6.07) is 11.1. The number of H-pyrrole nitrogens is 1. The molecule has 0 unspecified atom stereocenters. The smallest absolute Gasteiger partial charge is 0.181 e. The molecule has 1 N–H and O–H groups in total. The molecule has 0 radical (unpaired) electrons. The highest BCUT2D eigenvalue weighted by Crippen LogP contribution is 2.26. The maximum absolute atomic E-state index is 12.9. The number of hydrogen-bond acceptors (Lipinski definition) is 6. The number of methoxy groups -OCH3 is 2. The molecule has 3 aromatic heterocycles. The van der Waals surface area contributed by atoms with Crippen LogP contribution in [0.2, 0.25) is 0 Å². The van der Waals surface area contributed by atoms with E-state index < -0.39 is 0 Å². The number of aryl methyl sites for hydroxylation is 2. The summed E-state index contributed by atoms with van der Waals surface area (Å²) < 4.78 is 10.5. The van der Waals surface area contributed by atoms with Gasteiger partial charge in [0.15, 0.2) is 11.4 Å². The number of carbonyl (C=O) groups excluding carboxylic acids is 1. The van der Waals surface area contributed by atoms with E-state index in [4.69, 9.17) is 14.5 Å². The first kappa shape index (κ1) is 20.5. The number of fused-ring (bicyclic) bond motifs is 1. The number of carbonyl (C=O) groups is 1. The molecule has 3 heterocycles. The van der Waals surface area contributed by atoms with Crippen molar-refractivity contribution in [1.29, 1.82) is 0 Å². The summed E-state index contributed by atoms with van der Waals surface area (Å²) in [5, 5.41) is 8.38. The Balaban J connectivity index is 1.65. The number of nitrogens with one attached hydrogen (secondary N) is 1. The van der Waals surface area contributed by atoms with Crippen molar-refractivity contribution < 1.29 is 14.3 Å². The van der Waals surface area contributed by atoms with Crippen molar-refractivity contribution in [2.45, 2.75) is 26.7 Å². The first-order valence-corrected chi connectivity index (χ1v) is 10.1. The number of hydrogen-bond donors (Lipinski definition) is 1. The summed E-state index contributed by atoms with van der Waals surface area (Å²) >= 11 is 0. The van der Waals surface area contributed by atoms with Gasteiger partial charge in [0, 0.05) is 46.6 Å². The van der Waals surface area contributed by atoms with E-state index in [1.165, 1.54) is 0 Å². The summed E-state index contributed by atoms with van der Waals surface area (Å²) in [5.74, 6) is 1.11. The molecule has 0 spiro atoms. The molecule has 0 atom stereocenters.